The molecule has 0 bridgehead atoms. The van der Waals surface area contributed by atoms with Gasteiger partial charge >= 0.3 is 0 Å². The third kappa shape index (κ3) is 2.90. The van der Waals surface area contributed by atoms with E-state index in [0.29, 0.717) is 12.1 Å². The minimum atomic E-state index is -1.05. The second kappa shape index (κ2) is 7.90. The highest BCUT2D eigenvalue weighted by atomic mass is 16.7. The molecule has 0 aromatic rings. The van der Waals surface area contributed by atoms with E-state index in [4.69, 9.17) is 9.47 Å². The summed E-state index contributed by atoms with van der Waals surface area (Å²) in [6.07, 6.45) is 9.12. The summed E-state index contributed by atoms with van der Waals surface area (Å²) in [6, 6.07) is 0. The van der Waals surface area contributed by atoms with Crippen molar-refractivity contribution in [2.45, 2.75) is 83.4 Å². The van der Waals surface area contributed by atoms with Crippen LogP contribution in [0, 0.1) is 28.6 Å². The van der Waals surface area contributed by atoms with Crippen LogP contribution in [0.1, 0.15) is 59.3 Å². The lowest BCUT2D eigenvalue weighted by molar-refractivity contribution is -0.176. The SMILES string of the molecule is CCCC1O[C@@H]2C[C@H]3[C@@H]4CCC5=CC(=NO)C=C[C@]5(C)[C@H]4[C@@H](O)C[C@]3(C)[C@]2(/C(CO)=N/O)O1. The molecule has 1 heterocycles. The van der Waals surface area contributed by atoms with Crippen LogP contribution in [0.2, 0.25) is 0 Å². The van der Waals surface area contributed by atoms with Crippen molar-refractivity contribution < 1.29 is 30.1 Å². The van der Waals surface area contributed by atoms with Crippen molar-refractivity contribution in [1.82, 2.24) is 0 Å². The molecule has 0 amide bonds. The normalized spacial score (nSPS) is 49.9. The molecule has 0 aromatic carbocycles. The van der Waals surface area contributed by atoms with Gasteiger partial charge in [0.25, 0.3) is 0 Å². The van der Waals surface area contributed by atoms with Gasteiger partial charge in [-0.05, 0) is 56.1 Å². The Morgan fingerprint density at radius 2 is 2.06 bits per heavy atom. The van der Waals surface area contributed by atoms with Crippen LogP contribution in [-0.4, -0.2) is 62.8 Å². The minimum Gasteiger partial charge on any atom is -0.411 e. The fourth-order valence-electron chi connectivity index (χ4n) is 8.32. The van der Waals surface area contributed by atoms with Crippen molar-refractivity contribution in [2.75, 3.05) is 6.61 Å². The molecule has 4 N–H and O–H groups in total. The van der Waals surface area contributed by atoms with Gasteiger partial charge in [0.1, 0.15) is 17.0 Å². The number of rotatable bonds is 4. The summed E-state index contributed by atoms with van der Waals surface area (Å²) in [5, 5.41) is 47.8. The smallest absolute Gasteiger partial charge is 0.159 e. The molecule has 4 aliphatic carbocycles. The fraction of sp³-hybridized carbons (Fsp3) is 0.760. The van der Waals surface area contributed by atoms with Crippen molar-refractivity contribution in [2.24, 2.45) is 38.9 Å². The Morgan fingerprint density at radius 3 is 2.73 bits per heavy atom. The summed E-state index contributed by atoms with van der Waals surface area (Å²) in [5.41, 5.74) is 0.0201. The molecule has 5 rings (SSSR count). The zero-order valence-electron chi connectivity index (χ0n) is 19.6. The summed E-state index contributed by atoms with van der Waals surface area (Å²) in [5.74, 6) is 0.413. The van der Waals surface area contributed by atoms with Crippen LogP contribution in [0.3, 0.4) is 0 Å². The molecule has 0 aromatic heterocycles. The first-order valence-corrected chi connectivity index (χ1v) is 12.2. The predicted molar refractivity (Wildman–Crippen MR) is 121 cm³/mol. The number of fused-ring (bicyclic) bond motifs is 7. The molecular weight excluding hydrogens is 424 g/mol. The summed E-state index contributed by atoms with van der Waals surface area (Å²) >= 11 is 0. The van der Waals surface area contributed by atoms with Gasteiger partial charge in [0, 0.05) is 16.7 Å². The second-order valence-electron chi connectivity index (χ2n) is 11.0. The van der Waals surface area contributed by atoms with Crippen molar-refractivity contribution in [3.63, 3.8) is 0 Å². The van der Waals surface area contributed by atoms with Crippen molar-refractivity contribution in [3.8, 4) is 0 Å². The number of allylic oxidation sites excluding steroid dienone is 4. The minimum absolute atomic E-state index is 0.0121. The maximum Gasteiger partial charge on any atom is 0.159 e. The zero-order valence-corrected chi connectivity index (χ0v) is 19.6. The Balaban J connectivity index is 1.56. The second-order valence-corrected chi connectivity index (χ2v) is 11.0. The van der Waals surface area contributed by atoms with Crippen molar-refractivity contribution in [3.05, 3.63) is 23.8 Å². The Labute approximate surface area is 194 Å². The van der Waals surface area contributed by atoms with Gasteiger partial charge in [-0.1, -0.05) is 49.2 Å². The molecule has 1 aliphatic heterocycles. The Kier molecular flexibility index (Phi) is 5.51. The van der Waals surface area contributed by atoms with E-state index in [0.717, 1.165) is 32.1 Å². The van der Waals surface area contributed by atoms with Gasteiger partial charge in [0.05, 0.1) is 18.8 Å². The summed E-state index contributed by atoms with van der Waals surface area (Å²) < 4.78 is 12.9. The highest BCUT2D eigenvalue weighted by Gasteiger charge is 2.75. The van der Waals surface area contributed by atoms with Crippen LogP contribution < -0.4 is 0 Å². The molecule has 8 heteroatoms. The van der Waals surface area contributed by atoms with Crippen LogP contribution in [0.4, 0.5) is 0 Å². The third-order valence-electron chi connectivity index (χ3n) is 9.64. The molecule has 4 fully saturated rings. The Morgan fingerprint density at radius 1 is 1.27 bits per heavy atom. The molecule has 8 nitrogen and oxygen atoms in total. The first-order valence-electron chi connectivity index (χ1n) is 12.2. The molecule has 1 unspecified atom stereocenters. The van der Waals surface area contributed by atoms with E-state index < -0.39 is 30.0 Å². The highest BCUT2D eigenvalue weighted by Crippen LogP contribution is 2.69. The number of hydrogen-bond acceptors (Lipinski definition) is 8. The molecule has 3 saturated carbocycles. The molecule has 33 heavy (non-hydrogen) atoms. The fourth-order valence-corrected chi connectivity index (χ4v) is 8.32. The first kappa shape index (κ1) is 23.0. The highest BCUT2D eigenvalue weighted by molar-refractivity contribution is 6.05. The first-order chi connectivity index (χ1) is 15.8. The van der Waals surface area contributed by atoms with Gasteiger partial charge in [-0.3, -0.25) is 0 Å². The standard InChI is InChI=1S/C25H36N2O6/c1-4-5-21-32-20-11-17-16-7-6-14-10-15(26-30)8-9-23(14,2)22(16)18(29)12-24(17,3)25(20,33-21)19(13-28)27-31/h8-10,16-18,20-22,28-31H,4-7,11-13H2,1-3H3/b26-15?,27-19+/t16-,17-,18-,20+,21?,22+,23-,24-,25+/m0/s1. The molecule has 182 valence electrons. The Bertz CT molecular complexity index is 930. The molecule has 5 aliphatic rings. The van der Waals surface area contributed by atoms with Gasteiger partial charge in [-0.2, -0.15) is 0 Å². The quantitative estimate of drug-likeness (QED) is 0.290. The topological polar surface area (TPSA) is 124 Å². The number of aliphatic hydroxyl groups excluding tert-OH is 2. The van der Waals surface area contributed by atoms with E-state index >= 15 is 0 Å². The van der Waals surface area contributed by atoms with Gasteiger partial charge in [-0.15, -0.1) is 0 Å². The number of ether oxygens (including phenoxy) is 2. The van der Waals surface area contributed by atoms with Crippen LogP contribution in [0.5, 0.6) is 0 Å². The van der Waals surface area contributed by atoms with Crippen LogP contribution >= 0.6 is 0 Å². The van der Waals surface area contributed by atoms with E-state index in [9.17, 15) is 20.6 Å². The molecular formula is C25H36N2O6. The van der Waals surface area contributed by atoms with Gasteiger partial charge < -0.3 is 30.1 Å². The maximum atomic E-state index is 11.7. The van der Waals surface area contributed by atoms with Crippen LogP contribution in [0.15, 0.2) is 34.1 Å². The maximum absolute atomic E-state index is 11.7. The predicted octanol–water partition coefficient (Wildman–Crippen LogP) is 3.24. The van der Waals surface area contributed by atoms with Gasteiger partial charge in [-0.25, -0.2) is 0 Å². The van der Waals surface area contributed by atoms with Crippen LogP contribution in [-0.2, 0) is 9.47 Å². The van der Waals surface area contributed by atoms with Gasteiger partial charge in [0.15, 0.2) is 6.29 Å². The lowest BCUT2D eigenvalue weighted by atomic mass is 9.46. The van der Waals surface area contributed by atoms with E-state index in [-0.39, 0.29) is 35.0 Å². The largest absolute Gasteiger partial charge is 0.411 e. The molecule has 0 radical (unpaired) electrons. The monoisotopic (exact) mass is 460 g/mol. The van der Waals surface area contributed by atoms with Gasteiger partial charge in [0.2, 0.25) is 0 Å². The summed E-state index contributed by atoms with van der Waals surface area (Å²) in [7, 11) is 0. The van der Waals surface area contributed by atoms with E-state index in [1.165, 1.54) is 5.57 Å². The molecule has 9 atom stereocenters. The number of nitrogens with zero attached hydrogens (tertiary/aromatic N) is 2. The lowest BCUT2D eigenvalue weighted by Crippen LogP contribution is -2.63. The van der Waals surface area contributed by atoms with E-state index in [1.54, 1.807) is 0 Å². The lowest BCUT2D eigenvalue weighted by Gasteiger charge is -2.60. The number of aliphatic hydroxyl groups is 2. The average Bonchev–Trinajstić information content (AvgIpc) is 3.26. The van der Waals surface area contributed by atoms with E-state index in [2.05, 4.69) is 37.2 Å². The van der Waals surface area contributed by atoms with Crippen LogP contribution in [0.25, 0.3) is 0 Å². The summed E-state index contributed by atoms with van der Waals surface area (Å²) in [6.45, 7) is 5.95. The molecule has 0 spiro atoms. The van der Waals surface area contributed by atoms with Crippen molar-refractivity contribution in [1.29, 1.82) is 0 Å². The average molecular weight is 461 g/mol. The zero-order chi connectivity index (χ0) is 23.6. The third-order valence-corrected chi connectivity index (χ3v) is 9.64. The van der Waals surface area contributed by atoms with Crippen molar-refractivity contribution >= 4 is 11.4 Å². The molecule has 1 saturated heterocycles. The van der Waals surface area contributed by atoms with E-state index in [1.807, 2.05) is 12.2 Å². The Hall–Kier alpha value is -1.74. The number of hydrogen-bond donors (Lipinski definition) is 4. The number of oxime groups is 2. The summed E-state index contributed by atoms with van der Waals surface area (Å²) in [4.78, 5) is 0.